The SMILES string of the molecule is COc1ccsc1C(F)(Cc1c[nH]nn1)c1ccc(Cl)cc1. The lowest BCUT2D eigenvalue weighted by Gasteiger charge is -2.25. The summed E-state index contributed by atoms with van der Waals surface area (Å²) in [6, 6.07) is 8.47. The zero-order chi connectivity index (χ0) is 15.6. The third-order valence-corrected chi connectivity index (χ3v) is 4.69. The van der Waals surface area contributed by atoms with Gasteiger partial charge in [-0.25, -0.2) is 4.39 Å². The largest absolute Gasteiger partial charge is 0.495 e. The van der Waals surface area contributed by atoms with Gasteiger partial charge in [0.2, 0.25) is 0 Å². The molecule has 1 unspecified atom stereocenters. The van der Waals surface area contributed by atoms with E-state index in [1.165, 1.54) is 18.4 Å². The number of nitrogens with zero attached hydrogens (tertiary/aromatic N) is 2. The Labute approximate surface area is 135 Å². The fourth-order valence-corrected chi connectivity index (χ4v) is 3.43. The van der Waals surface area contributed by atoms with Crippen LogP contribution >= 0.6 is 22.9 Å². The van der Waals surface area contributed by atoms with Gasteiger partial charge in [0.05, 0.1) is 17.7 Å². The summed E-state index contributed by atoms with van der Waals surface area (Å²) in [5, 5.41) is 12.5. The fourth-order valence-electron chi connectivity index (χ4n) is 2.34. The van der Waals surface area contributed by atoms with Crippen molar-refractivity contribution in [1.82, 2.24) is 15.4 Å². The van der Waals surface area contributed by atoms with Crippen LogP contribution < -0.4 is 4.74 Å². The number of rotatable bonds is 5. The highest BCUT2D eigenvalue weighted by atomic mass is 35.5. The third kappa shape index (κ3) is 2.71. The molecule has 0 fully saturated rings. The Morgan fingerprint density at radius 1 is 1.32 bits per heavy atom. The number of halogens is 2. The van der Waals surface area contributed by atoms with Crippen LogP contribution in [0.25, 0.3) is 0 Å². The van der Waals surface area contributed by atoms with Gasteiger partial charge in [0.1, 0.15) is 5.75 Å². The van der Waals surface area contributed by atoms with Gasteiger partial charge in [-0.3, -0.25) is 5.10 Å². The number of hydrogen-bond donors (Lipinski definition) is 1. The van der Waals surface area contributed by atoms with Crippen LogP contribution in [0.3, 0.4) is 0 Å². The van der Waals surface area contributed by atoms with E-state index >= 15 is 4.39 Å². The van der Waals surface area contributed by atoms with Crippen molar-refractivity contribution in [2.75, 3.05) is 7.11 Å². The lowest BCUT2D eigenvalue weighted by Crippen LogP contribution is -2.24. The van der Waals surface area contributed by atoms with E-state index in [2.05, 4.69) is 15.4 Å². The highest BCUT2D eigenvalue weighted by Gasteiger charge is 2.39. The van der Waals surface area contributed by atoms with E-state index in [4.69, 9.17) is 16.3 Å². The van der Waals surface area contributed by atoms with Gasteiger partial charge in [-0.1, -0.05) is 28.9 Å². The molecule has 0 amide bonds. The number of H-pyrrole nitrogens is 1. The Bertz CT molecular complexity index is 745. The zero-order valence-electron chi connectivity index (χ0n) is 11.7. The molecule has 0 aliphatic carbocycles. The fraction of sp³-hybridized carbons (Fsp3) is 0.200. The first-order valence-electron chi connectivity index (χ1n) is 6.56. The van der Waals surface area contributed by atoms with Crippen molar-refractivity contribution in [2.24, 2.45) is 0 Å². The molecule has 114 valence electrons. The molecule has 4 nitrogen and oxygen atoms in total. The molecule has 7 heteroatoms. The van der Waals surface area contributed by atoms with E-state index in [0.29, 0.717) is 26.9 Å². The average molecular weight is 338 g/mol. The van der Waals surface area contributed by atoms with Crippen LogP contribution in [0.15, 0.2) is 41.9 Å². The van der Waals surface area contributed by atoms with Gasteiger partial charge in [-0.2, -0.15) is 0 Å². The third-order valence-electron chi connectivity index (χ3n) is 3.40. The van der Waals surface area contributed by atoms with Crippen molar-refractivity contribution >= 4 is 22.9 Å². The molecule has 1 N–H and O–H groups in total. The second-order valence-corrected chi connectivity index (χ2v) is 6.12. The molecule has 22 heavy (non-hydrogen) atoms. The van der Waals surface area contributed by atoms with Crippen molar-refractivity contribution in [2.45, 2.75) is 12.1 Å². The number of alkyl halides is 1. The molecule has 1 atom stereocenters. The van der Waals surface area contributed by atoms with Gasteiger partial charge in [0.15, 0.2) is 5.67 Å². The molecule has 0 aliphatic rings. The number of methoxy groups -OCH3 is 1. The maximum Gasteiger partial charge on any atom is 0.179 e. The van der Waals surface area contributed by atoms with Crippen molar-refractivity contribution in [3.8, 4) is 5.75 Å². The lowest BCUT2D eigenvalue weighted by atomic mass is 9.89. The van der Waals surface area contributed by atoms with E-state index < -0.39 is 5.67 Å². The van der Waals surface area contributed by atoms with Crippen LogP contribution in [-0.2, 0) is 12.1 Å². The minimum absolute atomic E-state index is 0.0575. The maximum absolute atomic E-state index is 16.0. The monoisotopic (exact) mass is 337 g/mol. The summed E-state index contributed by atoms with van der Waals surface area (Å²) in [5.41, 5.74) is -0.727. The summed E-state index contributed by atoms with van der Waals surface area (Å²) in [6.45, 7) is 0. The molecule has 3 aromatic rings. The molecular formula is C15H13ClFN3OS. The normalized spacial score (nSPS) is 13.8. The summed E-state index contributed by atoms with van der Waals surface area (Å²) < 4.78 is 21.3. The van der Waals surface area contributed by atoms with E-state index in [1.807, 2.05) is 0 Å². The van der Waals surface area contributed by atoms with Crippen molar-refractivity contribution in [1.29, 1.82) is 0 Å². The summed E-state index contributed by atoms with van der Waals surface area (Å²) in [7, 11) is 1.53. The second kappa shape index (κ2) is 6.06. The smallest absolute Gasteiger partial charge is 0.179 e. The highest BCUT2D eigenvalue weighted by molar-refractivity contribution is 7.10. The number of ether oxygens (including phenoxy) is 1. The minimum Gasteiger partial charge on any atom is -0.495 e. The summed E-state index contributed by atoms with van der Waals surface area (Å²) in [4.78, 5) is 0.500. The Balaban J connectivity index is 2.10. The summed E-state index contributed by atoms with van der Waals surface area (Å²) >= 11 is 7.23. The molecular weight excluding hydrogens is 325 g/mol. The van der Waals surface area contributed by atoms with Crippen LogP contribution in [-0.4, -0.2) is 22.5 Å². The van der Waals surface area contributed by atoms with Crippen LogP contribution in [0.1, 0.15) is 16.1 Å². The quantitative estimate of drug-likeness (QED) is 0.766. The molecule has 1 aromatic carbocycles. The predicted octanol–water partition coefficient (Wildman–Crippen LogP) is 3.98. The van der Waals surface area contributed by atoms with E-state index in [9.17, 15) is 0 Å². The first-order valence-corrected chi connectivity index (χ1v) is 7.81. The molecule has 0 bridgehead atoms. The lowest BCUT2D eigenvalue weighted by molar-refractivity contribution is 0.218. The first kappa shape index (κ1) is 15.0. The Kier molecular flexibility index (Phi) is 4.13. The topological polar surface area (TPSA) is 50.8 Å². The maximum atomic E-state index is 16.0. The number of aromatic nitrogens is 3. The molecule has 2 heterocycles. The van der Waals surface area contributed by atoms with Gasteiger partial charge < -0.3 is 4.74 Å². The number of thiophene rings is 1. The van der Waals surface area contributed by atoms with Crippen molar-refractivity contribution in [3.05, 3.63) is 63.1 Å². The van der Waals surface area contributed by atoms with Crippen LogP contribution in [0.2, 0.25) is 5.02 Å². The minimum atomic E-state index is -1.76. The molecule has 0 aliphatic heterocycles. The highest BCUT2D eigenvalue weighted by Crippen LogP contribution is 2.44. The van der Waals surface area contributed by atoms with E-state index in [0.717, 1.165) is 0 Å². The van der Waals surface area contributed by atoms with Gasteiger partial charge in [-0.05, 0) is 29.1 Å². The Hall–Kier alpha value is -1.92. The average Bonchev–Trinajstić information content (AvgIpc) is 3.18. The number of hydrogen-bond acceptors (Lipinski definition) is 4. The summed E-state index contributed by atoms with van der Waals surface area (Å²) in [5.74, 6) is 0.519. The molecule has 0 saturated carbocycles. The second-order valence-electron chi connectivity index (χ2n) is 4.77. The molecule has 0 radical (unpaired) electrons. The van der Waals surface area contributed by atoms with Gasteiger partial charge in [-0.15, -0.1) is 16.4 Å². The van der Waals surface area contributed by atoms with Crippen LogP contribution in [0.4, 0.5) is 4.39 Å². The molecule has 3 rings (SSSR count). The van der Waals surface area contributed by atoms with Gasteiger partial charge >= 0.3 is 0 Å². The van der Waals surface area contributed by atoms with Gasteiger partial charge in [0, 0.05) is 17.6 Å². The van der Waals surface area contributed by atoms with Crippen LogP contribution in [0.5, 0.6) is 5.75 Å². The van der Waals surface area contributed by atoms with Crippen molar-refractivity contribution in [3.63, 3.8) is 0 Å². The predicted molar refractivity (Wildman–Crippen MR) is 84.3 cm³/mol. The Morgan fingerprint density at radius 3 is 2.73 bits per heavy atom. The molecule has 0 spiro atoms. The van der Waals surface area contributed by atoms with E-state index in [-0.39, 0.29) is 6.42 Å². The van der Waals surface area contributed by atoms with E-state index in [1.54, 1.807) is 41.9 Å². The summed E-state index contributed by atoms with van der Waals surface area (Å²) in [6.07, 6.45) is 1.65. The molecule has 2 aromatic heterocycles. The molecule has 0 saturated heterocycles. The number of nitrogens with one attached hydrogen (secondary N) is 1. The Morgan fingerprint density at radius 2 is 2.09 bits per heavy atom. The number of aromatic amines is 1. The van der Waals surface area contributed by atoms with Gasteiger partial charge in [0.25, 0.3) is 0 Å². The van der Waals surface area contributed by atoms with Crippen molar-refractivity contribution < 1.29 is 9.13 Å². The zero-order valence-corrected chi connectivity index (χ0v) is 13.3. The first-order chi connectivity index (χ1) is 10.6. The standard InChI is InChI=1S/C15H13ClFN3OS/c1-21-13-6-7-22-14(13)15(17,8-12-9-18-20-19-12)10-2-4-11(16)5-3-10/h2-7,9H,8H2,1H3,(H,18,19,20). The number of benzene rings is 1. The van der Waals surface area contributed by atoms with Crippen LogP contribution in [0, 0.1) is 0 Å².